The van der Waals surface area contributed by atoms with Gasteiger partial charge in [0.1, 0.15) is 0 Å². The molecule has 2 fully saturated rings. The molecule has 0 radical (unpaired) electrons. The summed E-state index contributed by atoms with van der Waals surface area (Å²) in [7, 11) is -3.76. The van der Waals surface area contributed by atoms with Crippen molar-refractivity contribution in [3.8, 4) is 0 Å². The molecule has 3 heterocycles. The number of sulfonamides is 1. The molecule has 2 unspecified atom stereocenters. The van der Waals surface area contributed by atoms with Gasteiger partial charge in [-0.3, -0.25) is 14.7 Å². The molecule has 2 atom stereocenters. The normalized spacial score (nSPS) is 23.7. The maximum absolute atomic E-state index is 13.2. The Morgan fingerprint density at radius 2 is 2.07 bits per heavy atom. The molecule has 2 aromatic rings. The van der Waals surface area contributed by atoms with Gasteiger partial charge < -0.3 is 10.4 Å². The Hall–Kier alpha value is -1.78. The Kier molecular flexibility index (Phi) is 5.76. The van der Waals surface area contributed by atoms with Crippen molar-refractivity contribution < 1.29 is 18.3 Å². The van der Waals surface area contributed by atoms with Crippen LogP contribution >= 0.6 is 11.6 Å². The second-order valence-electron chi connectivity index (χ2n) is 7.57. The van der Waals surface area contributed by atoms with Crippen LogP contribution in [0.2, 0.25) is 5.02 Å². The standard InChI is InChI=1S/C19H23ClN4O4S/c20-16-9-21-8-13-2-1-3-17(19(13)16)29(27,28)24-7-4-14(10-24)22-18(26)12-23-6-5-15(25)11-23/h1-3,8-9,14-15,25H,4-7,10-12H2,(H,22,26). The van der Waals surface area contributed by atoms with E-state index in [1.54, 1.807) is 24.4 Å². The molecule has 2 aliphatic heterocycles. The zero-order valence-electron chi connectivity index (χ0n) is 15.8. The highest BCUT2D eigenvalue weighted by molar-refractivity contribution is 7.89. The van der Waals surface area contributed by atoms with E-state index >= 15 is 0 Å². The summed E-state index contributed by atoms with van der Waals surface area (Å²) < 4.78 is 27.9. The number of nitrogens with one attached hydrogen (secondary N) is 1. The van der Waals surface area contributed by atoms with Crippen LogP contribution in [-0.4, -0.2) is 78.5 Å². The molecule has 4 rings (SSSR count). The molecule has 2 N–H and O–H groups in total. The summed E-state index contributed by atoms with van der Waals surface area (Å²) in [5.41, 5.74) is 0. The average molecular weight is 439 g/mol. The van der Waals surface area contributed by atoms with E-state index in [0.29, 0.717) is 48.3 Å². The second-order valence-corrected chi connectivity index (χ2v) is 9.88. The number of nitrogens with zero attached hydrogens (tertiary/aromatic N) is 3. The number of rotatable bonds is 5. The smallest absolute Gasteiger partial charge is 0.243 e. The van der Waals surface area contributed by atoms with Crippen LogP contribution in [0.5, 0.6) is 0 Å². The molecule has 8 nitrogen and oxygen atoms in total. The number of carbonyl (C=O) groups is 1. The number of carbonyl (C=O) groups excluding carboxylic acids is 1. The van der Waals surface area contributed by atoms with Gasteiger partial charge in [-0.25, -0.2) is 8.42 Å². The first-order valence-electron chi connectivity index (χ1n) is 9.57. The quantitative estimate of drug-likeness (QED) is 0.717. The lowest BCUT2D eigenvalue weighted by atomic mass is 10.2. The molecule has 0 aliphatic carbocycles. The number of hydrogen-bond donors (Lipinski definition) is 2. The molecule has 156 valence electrons. The van der Waals surface area contributed by atoms with E-state index in [2.05, 4.69) is 10.3 Å². The number of fused-ring (bicyclic) bond motifs is 1. The molecular weight excluding hydrogens is 416 g/mol. The number of hydrogen-bond acceptors (Lipinski definition) is 6. The Morgan fingerprint density at radius 3 is 2.83 bits per heavy atom. The van der Waals surface area contributed by atoms with E-state index in [0.717, 1.165) is 0 Å². The van der Waals surface area contributed by atoms with Gasteiger partial charge >= 0.3 is 0 Å². The molecule has 2 saturated heterocycles. The zero-order chi connectivity index (χ0) is 20.6. The Bertz CT molecular complexity index is 1030. The Morgan fingerprint density at radius 1 is 1.24 bits per heavy atom. The summed E-state index contributed by atoms with van der Waals surface area (Å²) in [4.78, 5) is 18.3. The maximum Gasteiger partial charge on any atom is 0.243 e. The third-order valence-corrected chi connectivity index (χ3v) is 7.64. The molecule has 1 amide bonds. The predicted octanol–water partition coefficient (Wildman–Crippen LogP) is 0.834. The SMILES string of the molecule is O=C(CN1CCC(O)C1)NC1CCN(S(=O)(=O)c2cccc3cncc(Cl)c23)C1. The minimum absolute atomic E-state index is 0.150. The number of pyridine rings is 1. The second kappa shape index (κ2) is 8.16. The topological polar surface area (TPSA) is 103 Å². The van der Waals surface area contributed by atoms with E-state index in [9.17, 15) is 18.3 Å². The van der Waals surface area contributed by atoms with Crippen LogP contribution in [-0.2, 0) is 14.8 Å². The molecule has 2 aliphatic rings. The van der Waals surface area contributed by atoms with Gasteiger partial charge in [-0.05, 0) is 18.9 Å². The third kappa shape index (κ3) is 4.24. The van der Waals surface area contributed by atoms with Crippen LogP contribution in [0.15, 0.2) is 35.5 Å². The van der Waals surface area contributed by atoms with E-state index in [4.69, 9.17) is 11.6 Å². The summed E-state index contributed by atoms with van der Waals surface area (Å²) >= 11 is 6.24. The van der Waals surface area contributed by atoms with E-state index in [-0.39, 0.29) is 36.0 Å². The van der Waals surface area contributed by atoms with Gasteiger partial charge in [-0.15, -0.1) is 0 Å². The van der Waals surface area contributed by atoms with Gasteiger partial charge in [0, 0.05) is 55.4 Å². The number of benzene rings is 1. The minimum atomic E-state index is -3.76. The number of amides is 1. The number of halogens is 1. The van der Waals surface area contributed by atoms with Gasteiger partial charge in [0.15, 0.2) is 0 Å². The number of likely N-dealkylation sites (tertiary alicyclic amines) is 1. The molecular formula is C19H23ClN4O4S. The van der Waals surface area contributed by atoms with Gasteiger partial charge in [-0.2, -0.15) is 4.31 Å². The van der Waals surface area contributed by atoms with Crippen LogP contribution in [0.25, 0.3) is 10.8 Å². The largest absolute Gasteiger partial charge is 0.392 e. The highest BCUT2D eigenvalue weighted by Crippen LogP contribution is 2.32. The highest BCUT2D eigenvalue weighted by atomic mass is 35.5. The summed E-state index contributed by atoms with van der Waals surface area (Å²) in [6.45, 7) is 1.95. The number of β-amino-alcohol motifs (C(OH)–C–C–N with tert-alkyl or cyclic N) is 1. The molecule has 29 heavy (non-hydrogen) atoms. The maximum atomic E-state index is 13.2. The summed E-state index contributed by atoms with van der Waals surface area (Å²) in [6.07, 6.45) is 3.87. The molecule has 0 spiro atoms. The lowest BCUT2D eigenvalue weighted by Gasteiger charge is -2.20. The van der Waals surface area contributed by atoms with Crippen molar-refractivity contribution in [2.24, 2.45) is 0 Å². The van der Waals surface area contributed by atoms with Gasteiger partial charge in [-0.1, -0.05) is 23.7 Å². The molecule has 1 aromatic heterocycles. The van der Waals surface area contributed by atoms with Crippen LogP contribution in [0.3, 0.4) is 0 Å². The van der Waals surface area contributed by atoms with Crippen molar-refractivity contribution in [2.75, 3.05) is 32.7 Å². The van der Waals surface area contributed by atoms with Crippen LogP contribution in [0.4, 0.5) is 0 Å². The fourth-order valence-corrected chi connectivity index (χ4v) is 6.07. The van der Waals surface area contributed by atoms with Gasteiger partial charge in [0.25, 0.3) is 0 Å². The minimum Gasteiger partial charge on any atom is -0.392 e. The van der Waals surface area contributed by atoms with Crippen molar-refractivity contribution in [1.29, 1.82) is 0 Å². The molecule has 10 heteroatoms. The van der Waals surface area contributed by atoms with Crippen molar-refractivity contribution in [2.45, 2.75) is 29.9 Å². The predicted molar refractivity (Wildman–Crippen MR) is 109 cm³/mol. The van der Waals surface area contributed by atoms with Gasteiger partial charge in [0.05, 0.1) is 22.6 Å². The fraction of sp³-hybridized carbons (Fsp3) is 0.474. The van der Waals surface area contributed by atoms with E-state index in [1.165, 1.54) is 10.5 Å². The van der Waals surface area contributed by atoms with E-state index < -0.39 is 10.0 Å². The number of aliphatic hydroxyl groups excluding tert-OH is 1. The average Bonchev–Trinajstić information content (AvgIpc) is 3.31. The lowest BCUT2D eigenvalue weighted by Crippen LogP contribution is -2.43. The summed E-state index contributed by atoms with van der Waals surface area (Å²) in [5.74, 6) is -0.150. The first kappa shape index (κ1) is 20.5. The summed E-state index contributed by atoms with van der Waals surface area (Å²) in [5, 5.41) is 13.9. The lowest BCUT2D eigenvalue weighted by molar-refractivity contribution is -0.122. The van der Waals surface area contributed by atoms with Crippen molar-refractivity contribution >= 4 is 38.3 Å². The first-order valence-corrected chi connectivity index (χ1v) is 11.4. The summed E-state index contributed by atoms with van der Waals surface area (Å²) in [6, 6.07) is 4.76. The highest BCUT2D eigenvalue weighted by Gasteiger charge is 2.35. The fourth-order valence-electron chi connectivity index (χ4n) is 4.01. The Labute approximate surface area is 174 Å². The Balaban J connectivity index is 1.45. The van der Waals surface area contributed by atoms with E-state index in [1.807, 2.05) is 4.90 Å². The molecule has 0 bridgehead atoms. The number of aromatic nitrogens is 1. The van der Waals surface area contributed by atoms with Crippen molar-refractivity contribution in [1.82, 2.24) is 19.5 Å². The monoisotopic (exact) mass is 438 g/mol. The molecule has 0 saturated carbocycles. The molecule has 1 aromatic carbocycles. The zero-order valence-corrected chi connectivity index (χ0v) is 17.4. The van der Waals surface area contributed by atoms with Crippen LogP contribution < -0.4 is 5.32 Å². The third-order valence-electron chi connectivity index (χ3n) is 5.45. The van der Waals surface area contributed by atoms with Crippen LogP contribution in [0, 0.1) is 0 Å². The van der Waals surface area contributed by atoms with Gasteiger partial charge in [0.2, 0.25) is 15.9 Å². The van der Waals surface area contributed by atoms with Crippen LogP contribution in [0.1, 0.15) is 12.8 Å². The van der Waals surface area contributed by atoms with Crippen molar-refractivity contribution in [3.63, 3.8) is 0 Å². The number of aliphatic hydroxyl groups is 1. The van der Waals surface area contributed by atoms with Crippen molar-refractivity contribution in [3.05, 3.63) is 35.6 Å². The first-order chi connectivity index (χ1) is 13.8.